The van der Waals surface area contributed by atoms with Crippen LogP contribution in [0.1, 0.15) is 18.2 Å². The number of aromatic nitrogens is 3. The van der Waals surface area contributed by atoms with Crippen LogP contribution in [0, 0.1) is 6.92 Å². The van der Waals surface area contributed by atoms with Gasteiger partial charge in [0.25, 0.3) is 5.91 Å². The normalized spacial score (nSPS) is 12.0. The summed E-state index contributed by atoms with van der Waals surface area (Å²) in [6, 6.07) is 19.3. The lowest BCUT2D eigenvalue weighted by Crippen LogP contribution is -2.36. The summed E-state index contributed by atoms with van der Waals surface area (Å²) in [6.45, 7) is 3.99. The number of nitrogens with one attached hydrogen (secondary N) is 1. The lowest BCUT2D eigenvalue weighted by molar-refractivity contribution is -0.127. The molecular formula is C24H23ClN4O2. The SMILES string of the molecule is Cc1nn(C)c2nc(OC(C)C(=O)NCc3ccccc3Cl)cc(-c3ccccc3)c12. The third-order valence-electron chi connectivity index (χ3n) is 5.11. The van der Waals surface area contributed by atoms with Crippen molar-refractivity contribution in [3.63, 3.8) is 0 Å². The summed E-state index contributed by atoms with van der Waals surface area (Å²) in [4.78, 5) is 17.2. The van der Waals surface area contributed by atoms with Crippen LogP contribution in [-0.2, 0) is 18.4 Å². The van der Waals surface area contributed by atoms with Crippen LogP contribution in [0.25, 0.3) is 22.2 Å². The van der Waals surface area contributed by atoms with Gasteiger partial charge >= 0.3 is 0 Å². The van der Waals surface area contributed by atoms with Gasteiger partial charge in [-0.1, -0.05) is 60.1 Å². The first-order chi connectivity index (χ1) is 14.9. The minimum absolute atomic E-state index is 0.246. The fraction of sp³-hybridized carbons (Fsp3) is 0.208. The van der Waals surface area contributed by atoms with Crippen LogP contribution in [0.15, 0.2) is 60.7 Å². The number of amides is 1. The van der Waals surface area contributed by atoms with Crippen molar-refractivity contribution in [3.8, 4) is 17.0 Å². The molecule has 4 rings (SSSR count). The Hall–Kier alpha value is -3.38. The highest BCUT2D eigenvalue weighted by molar-refractivity contribution is 6.31. The molecule has 0 bridgehead atoms. The monoisotopic (exact) mass is 434 g/mol. The molecule has 0 fully saturated rings. The Kier molecular flexibility index (Phi) is 5.91. The number of hydrogen-bond acceptors (Lipinski definition) is 4. The topological polar surface area (TPSA) is 69.0 Å². The van der Waals surface area contributed by atoms with Crippen LogP contribution < -0.4 is 10.1 Å². The molecule has 1 unspecified atom stereocenters. The highest BCUT2D eigenvalue weighted by Crippen LogP contribution is 2.33. The van der Waals surface area contributed by atoms with Gasteiger partial charge in [-0.3, -0.25) is 9.48 Å². The summed E-state index contributed by atoms with van der Waals surface area (Å²) in [5.74, 6) is 0.124. The summed E-state index contributed by atoms with van der Waals surface area (Å²) in [5, 5.41) is 8.96. The first kappa shape index (κ1) is 20.9. The maximum Gasteiger partial charge on any atom is 0.261 e. The van der Waals surface area contributed by atoms with Crippen LogP contribution in [-0.4, -0.2) is 26.8 Å². The van der Waals surface area contributed by atoms with Gasteiger partial charge in [0.05, 0.1) is 11.1 Å². The molecule has 2 aromatic heterocycles. The molecule has 4 aromatic rings. The first-order valence-corrected chi connectivity index (χ1v) is 10.4. The maximum absolute atomic E-state index is 12.6. The largest absolute Gasteiger partial charge is 0.464 e. The lowest BCUT2D eigenvalue weighted by Gasteiger charge is -2.16. The van der Waals surface area contributed by atoms with E-state index in [1.807, 2.05) is 68.6 Å². The van der Waals surface area contributed by atoms with Gasteiger partial charge in [0, 0.05) is 24.7 Å². The summed E-state index contributed by atoms with van der Waals surface area (Å²) in [5.41, 5.74) is 4.45. The molecule has 0 spiro atoms. The van der Waals surface area contributed by atoms with Gasteiger partial charge in [0.15, 0.2) is 11.8 Å². The molecular weight excluding hydrogens is 412 g/mol. The maximum atomic E-state index is 12.6. The number of rotatable bonds is 6. The number of pyridine rings is 1. The second-order valence-electron chi connectivity index (χ2n) is 7.35. The van der Waals surface area contributed by atoms with E-state index in [-0.39, 0.29) is 5.91 Å². The van der Waals surface area contributed by atoms with Crippen molar-refractivity contribution in [2.75, 3.05) is 0 Å². The highest BCUT2D eigenvalue weighted by Gasteiger charge is 2.19. The van der Waals surface area contributed by atoms with Crippen LogP contribution in [0.5, 0.6) is 5.88 Å². The summed E-state index contributed by atoms with van der Waals surface area (Å²) in [7, 11) is 1.85. The second-order valence-corrected chi connectivity index (χ2v) is 7.76. The molecule has 2 aromatic carbocycles. The van der Waals surface area contributed by atoms with E-state index in [0.29, 0.717) is 23.1 Å². The Morgan fingerprint density at radius 3 is 2.61 bits per heavy atom. The number of carbonyl (C=O) groups excluding carboxylic acids is 1. The summed E-state index contributed by atoms with van der Waals surface area (Å²) < 4.78 is 7.66. The molecule has 0 radical (unpaired) electrons. The van der Waals surface area contributed by atoms with E-state index >= 15 is 0 Å². The Balaban J connectivity index is 1.59. The van der Waals surface area contributed by atoms with Crippen LogP contribution in [0.3, 0.4) is 0 Å². The molecule has 0 aliphatic carbocycles. The van der Waals surface area contributed by atoms with Crippen molar-refractivity contribution in [1.82, 2.24) is 20.1 Å². The summed E-state index contributed by atoms with van der Waals surface area (Å²) >= 11 is 6.16. The predicted octanol–water partition coefficient (Wildman–Crippen LogP) is 4.68. The zero-order chi connectivity index (χ0) is 22.0. The Labute approximate surface area is 185 Å². The van der Waals surface area contributed by atoms with E-state index in [1.165, 1.54) is 0 Å². The Morgan fingerprint density at radius 2 is 1.87 bits per heavy atom. The molecule has 2 heterocycles. The average molecular weight is 435 g/mol. The molecule has 0 aliphatic rings. The number of hydrogen-bond donors (Lipinski definition) is 1. The van der Waals surface area contributed by atoms with Crippen molar-refractivity contribution in [3.05, 3.63) is 76.9 Å². The fourth-order valence-corrected chi connectivity index (χ4v) is 3.73. The number of carbonyl (C=O) groups is 1. The molecule has 31 heavy (non-hydrogen) atoms. The van der Waals surface area contributed by atoms with Gasteiger partial charge < -0.3 is 10.1 Å². The van der Waals surface area contributed by atoms with Crippen molar-refractivity contribution >= 4 is 28.5 Å². The van der Waals surface area contributed by atoms with Gasteiger partial charge in [0.1, 0.15) is 0 Å². The summed E-state index contributed by atoms with van der Waals surface area (Å²) in [6.07, 6.45) is -0.731. The lowest BCUT2D eigenvalue weighted by atomic mass is 10.0. The van der Waals surface area contributed by atoms with Crippen LogP contribution in [0.4, 0.5) is 0 Å². The third kappa shape index (κ3) is 4.39. The van der Waals surface area contributed by atoms with E-state index < -0.39 is 6.10 Å². The molecule has 1 N–H and O–H groups in total. The zero-order valence-electron chi connectivity index (χ0n) is 17.6. The first-order valence-electron chi connectivity index (χ1n) is 10.0. The minimum Gasteiger partial charge on any atom is -0.464 e. The Bertz CT molecular complexity index is 1240. The van der Waals surface area contributed by atoms with E-state index in [1.54, 1.807) is 17.7 Å². The van der Waals surface area contributed by atoms with E-state index in [0.717, 1.165) is 27.8 Å². The Morgan fingerprint density at radius 1 is 1.16 bits per heavy atom. The van der Waals surface area contributed by atoms with Crippen molar-refractivity contribution < 1.29 is 9.53 Å². The smallest absolute Gasteiger partial charge is 0.261 e. The molecule has 1 amide bonds. The van der Waals surface area contributed by atoms with Gasteiger partial charge in [-0.25, -0.2) is 0 Å². The molecule has 158 valence electrons. The number of halogens is 1. The predicted molar refractivity (Wildman–Crippen MR) is 122 cm³/mol. The fourth-order valence-electron chi connectivity index (χ4n) is 3.53. The second kappa shape index (κ2) is 8.78. The quantitative estimate of drug-likeness (QED) is 0.478. The minimum atomic E-state index is -0.731. The number of ether oxygens (including phenoxy) is 1. The van der Waals surface area contributed by atoms with E-state index in [2.05, 4.69) is 15.4 Å². The van der Waals surface area contributed by atoms with Gasteiger partial charge in [-0.05, 0) is 36.6 Å². The molecule has 6 nitrogen and oxygen atoms in total. The van der Waals surface area contributed by atoms with Gasteiger partial charge in [-0.15, -0.1) is 0 Å². The third-order valence-corrected chi connectivity index (χ3v) is 5.48. The van der Waals surface area contributed by atoms with E-state index in [4.69, 9.17) is 16.3 Å². The van der Waals surface area contributed by atoms with E-state index in [9.17, 15) is 4.79 Å². The van der Waals surface area contributed by atoms with Crippen molar-refractivity contribution in [2.45, 2.75) is 26.5 Å². The zero-order valence-corrected chi connectivity index (χ0v) is 18.3. The molecule has 0 aliphatic heterocycles. The molecule has 0 saturated heterocycles. The average Bonchev–Trinajstić information content (AvgIpc) is 3.06. The van der Waals surface area contributed by atoms with Gasteiger partial charge in [-0.2, -0.15) is 10.1 Å². The number of benzene rings is 2. The molecule has 1 atom stereocenters. The van der Waals surface area contributed by atoms with Gasteiger partial charge in [0.2, 0.25) is 5.88 Å². The van der Waals surface area contributed by atoms with Crippen molar-refractivity contribution in [2.24, 2.45) is 7.05 Å². The number of nitrogens with zero attached hydrogens (tertiary/aromatic N) is 3. The van der Waals surface area contributed by atoms with Crippen LogP contribution >= 0.6 is 11.6 Å². The van der Waals surface area contributed by atoms with Crippen molar-refractivity contribution in [1.29, 1.82) is 0 Å². The molecule has 7 heteroatoms. The number of aryl methyl sites for hydroxylation is 2. The van der Waals surface area contributed by atoms with Crippen LogP contribution in [0.2, 0.25) is 5.02 Å². The number of fused-ring (bicyclic) bond motifs is 1. The standard InChI is InChI=1S/C24H23ClN4O2/c1-15-22-19(17-9-5-4-6-10-17)13-21(27-23(22)29(3)28-15)31-16(2)24(30)26-14-18-11-7-8-12-20(18)25/h4-13,16H,14H2,1-3H3,(H,26,30). The highest BCUT2D eigenvalue weighted by atomic mass is 35.5. The molecule has 0 saturated carbocycles.